The Labute approximate surface area is 174 Å². The maximum atomic E-state index is 12.4. The molecular formula is C23H21N3O4. The zero-order valence-electron chi connectivity index (χ0n) is 16.9. The van der Waals surface area contributed by atoms with E-state index in [4.69, 9.17) is 9.15 Å². The highest BCUT2D eigenvalue weighted by molar-refractivity contribution is 6.04. The molecule has 0 saturated carbocycles. The molecule has 7 nitrogen and oxygen atoms in total. The summed E-state index contributed by atoms with van der Waals surface area (Å²) in [7, 11) is 0. The van der Waals surface area contributed by atoms with E-state index in [9.17, 15) is 9.59 Å². The Bertz CT molecular complexity index is 1110. The molecule has 0 bridgehead atoms. The van der Waals surface area contributed by atoms with E-state index in [1.807, 2.05) is 26.0 Å². The molecule has 0 saturated heterocycles. The van der Waals surface area contributed by atoms with Crippen LogP contribution in [0, 0.1) is 13.8 Å². The van der Waals surface area contributed by atoms with Gasteiger partial charge < -0.3 is 14.5 Å². The molecule has 152 valence electrons. The Morgan fingerprint density at radius 2 is 1.67 bits per heavy atom. The molecule has 0 aliphatic carbocycles. The first-order valence-corrected chi connectivity index (χ1v) is 9.50. The van der Waals surface area contributed by atoms with Crippen LogP contribution >= 0.6 is 0 Å². The van der Waals surface area contributed by atoms with Crippen molar-refractivity contribution in [3.05, 3.63) is 88.9 Å². The van der Waals surface area contributed by atoms with Crippen molar-refractivity contribution in [2.24, 2.45) is 5.10 Å². The zero-order valence-corrected chi connectivity index (χ0v) is 16.9. The van der Waals surface area contributed by atoms with Crippen molar-refractivity contribution >= 4 is 23.4 Å². The standard InChI is InChI=1S/C23H21N3O4/c1-14-4-7-17(8-5-14)21(28)24-19-11-9-18(10-12-19)23-26(16(3)27)25-22(30-23)20-13-6-15(2)29-20/h4-13,23H,1-3H3,(H,24,28)/t23-/m1/s1. The summed E-state index contributed by atoms with van der Waals surface area (Å²) in [6, 6.07) is 18.0. The molecule has 0 unspecified atom stereocenters. The lowest BCUT2D eigenvalue weighted by Crippen LogP contribution is -2.25. The number of anilines is 1. The summed E-state index contributed by atoms with van der Waals surface area (Å²) in [5.41, 5.74) is 3.03. The molecule has 1 atom stereocenters. The number of hydrogen-bond donors (Lipinski definition) is 1. The van der Waals surface area contributed by atoms with E-state index in [0.717, 1.165) is 16.9 Å². The van der Waals surface area contributed by atoms with Gasteiger partial charge in [-0.25, -0.2) is 0 Å². The van der Waals surface area contributed by atoms with Gasteiger partial charge in [0.25, 0.3) is 11.8 Å². The van der Waals surface area contributed by atoms with Crippen LogP contribution in [0.4, 0.5) is 5.69 Å². The Morgan fingerprint density at radius 1 is 0.967 bits per heavy atom. The van der Waals surface area contributed by atoms with E-state index in [0.29, 0.717) is 17.0 Å². The lowest BCUT2D eigenvalue weighted by atomic mass is 10.1. The van der Waals surface area contributed by atoms with Crippen LogP contribution in [-0.2, 0) is 9.53 Å². The lowest BCUT2D eigenvalue weighted by molar-refractivity contribution is -0.135. The van der Waals surface area contributed by atoms with Gasteiger partial charge in [0.15, 0.2) is 5.76 Å². The molecule has 2 amide bonds. The third-order valence-corrected chi connectivity index (χ3v) is 4.69. The van der Waals surface area contributed by atoms with E-state index < -0.39 is 6.23 Å². The summed E-state index contributed by atoms with van der Waals surface area (Å²) in [5, 5.41) is 8.40. The van der Waals surface area contributed by atoms with Gasteiger partial charge in [-0.15, -0.1) is 5.10 Å². The van der Waals surface area contributed by atoms with E-state index >= 15 is 0 Å². The molecule has 0 radical (unpaired) electrons. The van der Waals surface area contributed by atoms with Crippen molar-refractivity contribution in [2.45, 2.75) is 27.0 Å². The molecule has 1 aliphatic heterocycles. The van der Waals surface area contributed by atoms with Gasteiger partial charge in [0, 0.05) is 23.7 Å². The first kappa shape index (κ1) is 19.4. The third kappa shape index (κ3) is 3.96. The van der Waals surface area contributed by atoms with Crippen LogP contribution in [0.15, 0.2) is 70.2 Å². The van der Waals surface area contributed by atoms with E-state index in [1.54, 1.807) is 48.5 Å². The van der Waals surface area contributed by atoms with Gasteiger partial charge in [0.2, 0.25) is 12.1 Å². The molecule has 1 aliphatic rings. The normalized spacial score (nSPS) is 15.5. The van der Waals surface area contributed by atoms with Crippen molar-refractivity contribution in [3.63, 3.8) is 0 Å². The average Bonchev–Trinajstić information content (AvgIpc) is 3.35. The number of nitrogens with zero attached hydrogens (tertiary/aromatic N) is 2. The Morgan fingerprint density at radius 3 is 2.27 bits per heavy atom. The maximum Gasteiger partial charge on any atom is 0.277 e. The first-order chi connectivity index (χ1) is 14.4. The average molecular weight is 403 g/mol. The van der Waals surface area contributed by atoms with Crippen LogP contribution in [0.25, 0.3) is 0 Å². The quantitative estimate of drug-likeness (QED) is 0.700. The molecular weight excluding hydrogens is 382 g/mol. The van der Waals surface area contributed by atoms with Crippen LogP contribution in [0.1, 0.15) is 46.2 Å². The third-order valence-electron chi connectivity index (χ3n) is 4.69. The topological polar surface area (TPSA) is 84.1 Å². The molecule has 1 N–H and O–H groups in total. The van der Waals surface area contributed by atoms with Gasteiger partial charge in [-0.05, 0) is 50.2 Å². The number of amides is 2. The molecule has 2 aromatic carbocycles. The smallest absolute Gasteiger partial charge is 0.277 e. The highest BCUT2D eigenvalue weighted by Crippen LogP contribution is 2.31. The summed E-state index contributed by atoms with van der Waals surface area (Å²) in [4.78, 5) is 24.4. The minimum atomic E-state index is -0.704. The zero-order chi connectivity index (χ0) is 21.3. The van der Waals surface area contributed by atoms with Gasteiger partial charge in [-0.1, -0.05) is 29.8 Å². The molecule has 7 heteroatoms. The van der Waals surface area contributed by atoms with Crippen molar-refractivity contribution in [3.8, 4) is 0 Å². The Kier molecular flexibility index (Phi) is 5.10. The minimum Gasteiger partial charge on any atom is -0.456 e. The van der Waals surface area contributed by atoms with Crippen LogP contribution in [0.2, 0.25) is 0 Å². The highest BCUT2D eigenvalue weighted by Gasteiger charge is 2.34. The number of hydrogen-bond acceptors (Lipinski definition) is 5. The molecule has 0 fully saturated rings. The Hall–Kier alpha value is -3.87. The largest absolute Gasteiger partial charge is 0.456 e. The van der Waals surface area contributed by atoms with Crippen molar-refractivity contribution in [1.29, 1.82) is 0 Å². The lowest BCUT2D eigenvalue weighted by Gasteiger charge is -2.19. The first-order valence-electron chi connectivity index (χ1n) is 9.50. The fraction of sp³-hybridized carbons (Fsp3) is 0.174. The monoisotopic (exact) mass is 403 g/mol. The van der Waals surface area contributed by atoms with Crippen LogP contribution in [0.5, 0.6) is 0 Å². The number of ether oxygens (including phenoxy) is 1. The summed E-state index contributed by atoms with van der Waals surface area (Å²) in [5.74, 6) is 0.991. The second kappa shape index (κ2) is 7.87. The summed E-state index contributed by atoms with van der Waals surface area (Å²) in [6.07, 6.45) is -0.704. The summed E-state index contributed by atoms with van der Waals surface area (Å²) in [6.45, 7) is 5.22. The molecule has 2 heterocycles. The maximum absolute atomic E-state index is 12.4. The number of nitrogens with one attached hydrogen (secondary N) is 1. The molecule has 1 aromatic heterocycles. The second-order valence-electron chi connectivity index (χ2n) is 7.09. The van der Waals surface area contributed by atoms with Crippen molar-refractivity contribution < 1.29 is 18.7 Å². The summed E-state index contributed by atoms with van der Waals surface area (Å²) >= 11 is 0. The van der Waals surface area contributed by atoms with E-state index in [-0.39, 0.29) is 17.7 Å². The van der Waals surface area contributed by atoms with Crippen LogP contribution < -0.4 is 5.32 Å². The molecule has 3 aromatic rings. The summed E-state index contributed by atoms with van der Waals surface area (Å²) < 4.78 is 11.4. The molecule has 0 spiro atoms. The molecule has 4 rings (SSSR count). The van der Waals surface area contributed by atoms with Crippen molar-refractivity contribution in [2.75, 3.05) is 5.32 Å². The van der Waals surface area contributed by atoms with Crippen molar-refractivity contribution in [1.82, 2.24) is 5.01 Å². The number of furan rings is 1. The van der Waals surface area contributed by atoms with Gasteiger partial charge in [-0.3, -0.25) is 9.59 Å². The molecule has 30 heavy (non-hydrogen) atoms. The number of aryl methyl sites for hydroxylation is 2. The number of rotatable bonds is 4. The fourth-order valence-electron chi connectivity index (χ4n) is 3.07. The SMILES string of the molecule is CC(=O)N1N=C(c2ccc(C)o2)O[C@@H]1c1ccc(NC(=O)c2ccc(C)cc2)cc1. The van der Waals surface area contributed by atoms with Gasteiger partial charge in [0.1, 0.15) is 5.76 Å². The highest BCUT2D eigenvalue weighted by atomic mass is 16.5. The van der Waals surface area contributed by atoms with E-state index in [2.05, 4.69) is 10.4 Å². The van der Waals surface area contributed by atoms with Gasteiger partial charge in [-0.2, -0.15) is 5.01 Å². The second-order valence-corrected chi connectivity index (χ2v) is 7.09. The number of benzene rings is 2. The number of hydrazone groups is 1. The van der Waals surface area contributed by atoms with Crippen LogP contribution in [0.3, 0.4) is 0 Å². The fourth-order valence-corrected chi connectivity index (χ4v) is 3.07. The number of carbonyl (C=O) groups is 2. The van der Waals surface area contributed by atoms with Gasteiger partial charge >= 0.3 is 0 Å². The van der Waals surface area contributed by atoms with E-state index in [1.165, 1.54) is 11.9 Å². The Balaban J connectivity index is 1.49. The van der Waals surface area contributed by atoms with Gasteiger partial charge in [0.05, 0.1) is 0 Å². The predicted octanol–water partition coefficient (Wildman–Crippen LogP) is 4.39. The minimum absolute atomic E-state index is 0.191. The number of carbonyl (C=O) groups excluding carboxylic acids is 2. The van der Waals surface area contributed by atoms with Crippen LogP contribution in [-0.4, -0.2) is 22.7 Å². The predicted molar refractivity (Wildman–Crippen MR) is 112 cm³/mol.